The number of quaternary nitrogens is 1. The van der Waals surface area contributed by atoms with Gasteiger partial charge in [-0.15, -0.1) is 11.8 Å². The van der Waals surface area contributed by atoms with Crippen LogP contribution in [0.15, 0.2) is 53.4 Å². The Hall–Kier alpha value is -1.29. The second-order valence-corrected chi connectivity index (χ2v) is 6.75. The number of thioether (sulfide) groups is 1. The normalized spacial score (nSPS) is 17.2. The molecule has 0 aliphatic carbocycles. The van der Waals surface area contributed by atoms with Gasteiger partial charge in [-0.3, -0.25) is 0 Å². The van der Waals surface area contributed by atoms with Gasteiger partial charge in [0.2, 0.25) is 0 Å². The lowest BCUT2D eigenvalue weighted by Gasteiger charge is -2.21. The third kappa shape index (κ3) is 3.31. The second-order valence-electron chi connectivity index (χ2n) is 5.73. The Kier molecular flexibility index (Phi) is 4.63. The quantitative estimate of drug-likeness (QED) is 0.932. The first kappa shape index (κ1) is 14.6. The van der Waals surface area contributed by atoms with Gasteiger partial charge in [-0.05, 0) is 22.8 Å². The average Bonchev–Trinajstić information content (AvgIpc) is 2.65. The summed E-state index contributed by atoms with van der Waals surface area (Å²) in [5, 5.41) is 0. The summed E-state index contributed by atoms with van der Waals surface area (Å²) in [7, 11) is 4.32. The monoisotopic (exact) mass is 300 g/mol. The zero-order valence-electron chi connectivity index (χ0n) is 12.6. The highest BCUT2D eigenvalue weighted by Gasteiger charge is 2.24. The lowest BCUT2D eigenvalue weighted by Crippen LogP contribution is -3.06. The first-order valence-corrected chi connectivity index (χ1v) is 8.44. The summed E-state index contributed by atoms with van der Waals surface area (Å²) in [6.45, 7) is 1.80. The molecule has 1 aliphatic heterocycles. The predicted molar refractivity (Wildman–Crippen MR) is 87.9 cm³/mol. The standard InChI is InChI=1S/C18H21NOS/c1-19(2)11-12-20-18-15-8-4-3-7-14(15)13-21-17-10-6-5-9-16(17)18/h3-10,18H,11-13H2,1-2H3/p+1/t18-/m1/s1. The van der Waals surface area contributed by atoms with E-state index in [0.717, 1.165) is 18.9 Å². The number of hydrogen-bond acceptors (Lipinski definition) is 2. The summed E-state index contributed by atoms with van der Waals surface area (Å²) in [6.07, 6.45) is 0.0618. The Balaban J connectivity index is 1.95. The highest BCUT2D eigenvalue weighted by Crippen LogP contribution is 2.40. The molecule has 1 heterocycles. The molecule has 0 fully saturated rings. The van der Waals surface area contributed by atoms with Gasteiger partial charge < -0.3 is 9.64 Å². The zero-order valence-corrected chi connectivity index (χ0v) is 13.5. The van der Waals surface area contributed by atoms with Crippen LogP contribution < -0.4 is 4.90 Å². The Bertz CT molecular complexity index is 564. The molecule has 0 bridgehead atoms. The average molecular weight is 300 g/mol. The fourth-order valence-corrected chi connectivity index (χ4v) is 3.72. The molecule has 0 saturated heterocycles. The molecule has 1 atom stereocenters. The molecule has 0 unspecified atom stereocenters. The molecule has 0 spiro atoms. The van der Waals surface area contributed by atoms with Crippen molar-refractivity contribution in [1.29, 1.82) is 0 Å². The minimum absolute atomic E-state index is 0.0618. The Labute approximate surface area is 131 Å². The van der Waals surface area contributed by atoms with Crippen molar-refractivity contribution in [3.05, 3.63) is 65.2 Å². The number of rotatable bonds is 4. The number of likely N-dealkylation sites (N-methyl/N-ethyl adjacent to an activating group) is 1. The van der Waals surface area contributed by atoms with Crippen LogP contribution in [-0.4, -0.2) is 27.2 Å². The molecule has 3 rings (SSSR count). The first-order valence-electron chi connectivity index (χ1n) is 7.46. The zero-order chi connectivity index (χ0) is 14.7. The maximum atomic E-state index is 6.29. The summed E-state index contributed by atoms with van der Waals surface area (Å²) in [5.74, 6) is 1.02. The summed E-state index contributed by atoms with van der Waals surface area (Å²) in [5.41, 5.74) is 4.02. The molecule has 0 saturated carbocycles. The van der Waals surface area contributed by atoms with Crippen molar-refractivity contribution in [2.75, 3.05) is 27.2 Å². The maximum absolute atomic E-state index is 6.29. The molecule has 0 radical (unpaired) electrons. The largest absolute Gasteiger partial charge is 0.363 e. The van der Waals surface area contributed by atoms with Crippen molar-refractivity contribution in [1.82, 2.24) is 0 Å². The van der Waals surface area contributed by atoms with Crippen molar-refractivity contribution in [2.45, 2.75) is 16.8 Å². The van der Waals surface area contributed by atoms with Gasteiger partial charge in [-0.2, -0.15) is 0 Å². The van der Waals surface area contributed by atoms with Crippen molar-refractivity contribution in [3.63, 3.8) is 0 Å². The molecule has 21 heavy (non-hydrogen) atoms. The van der Waals surface area contributed by atoms with Gasteiger partial charge in [-0.25, -0.2) is 0 Å². The molecule has 0 aromatic heterocycles. The van der Waals surface area contributed by atoms with Crippen LogP contribution in [0.3, 0.4) is 0 Å². The van der Waals surface area contributed by atoms with Gasteiger partial charge in [0.15, 0.2) is 0 Å². The fraction of sp³-hybridized carbons (Fsp3) is 0.333. The Morgan fingerprint density at radius 2 is 1.76 bits per heavy atom. The van der Waals surface area contributed by atoms with Gasteiger partial charge in [0.05, 0.1) is 20.7 Å². The molecule has 110 valence electrons. The lowest BCUT2D eigenvalue weighted by atomic mass is 9.97. The van der Waals surface area contributed by atoms with E-state index in [1.807, 2.05) is 11.8 Å². The van der Waals surface area contributed by atoms with E-state index < -0.39 is 0 Å². The molecular weight excluding hydrogens is 278 g/mol. The summed E-state index contributed by atoms with van der Waals surface area (Å²) in [4.78, 5) is 2.76. The van der Waals surface area contributed by atoms with E-state index >= 15 is 0 Å². The van der Waals surface area contributed by atoms with Gasteiger partial charge >= 0.3 is 0 Å². The van der Waals surface area contributed by atoms with Crippen molar-refractivity contribution in [2.24, 2.45) is 0 Å². The van der Waals surface area contributed by atoms with Gasteiger partial charge in [0.25, 0.3) is 0 Å². The van der Waals surface area contributed by atoms with E-state index in [-0.39, 0.29) is 6.10 Å². The molecule has 2 nitrogen and oxygen atoms in total. The molecule has 0 amide bonds. The molecule has 2 aromatic rings. The highest BCUT2D eigenvalue weighted by molar-refractivity contribution is 7.98. The van der Waals surface area contributed by atoms with Crippen molar-refractivity contribution < 1.29 is 9.64 Å². The molecule has 1 aliphatic rings. The van der Waals surface area contributed by atoms with E-state index in [1.54, 1.807) is 0 Å². The van der Waals surface area contributed by atoms with Crippen LogP contribution >= 0.6 is 11.8 Å². The van der Waals surface area contributed by atoms with Crippen LogP contribution in [0.4, 0.5) is 0 Å². The minimum Gasteiger partial charge on any atom is -0.363 e. The molecular formula is C18H22NOS+. The fourth-order valence-electron chi connectivity index (χ4n) is 2.63. The van der Waals surface area contributed by atoms with E-state index in [0.29, 0.717) is 0 Å². The SMILES string of the molecule is C[NH+](C)CCO[C@@H]1c2ccccc2CSc2ccccc21. The summed E-state index contributed by atoms with van der Waals surface area (Å²) in [6, 6.07) is 17.3. The summed E-state index contributed by atoms with van der Waals surface area (Å²) < 4.78 is 6.29. The van der Waals surface area contributed by atoms with Crippen LogP contribution in [0, 0.1) is 0 Å². The van der Waals surface area contributed by atoms with Crippen LogP contribution in [-0.2, 0) is 10.5 Å². The number of benzene rings is 2. The minimum atomic E-state index is 0.0618. The topological polar surface area (TPSA) is 13.7 Å². The van der Waals surface area contributed by atoms with Gasteiger partial charge in [-0.1, -0.05) is 42.5 Å². The van der Waals surface area contributed by atoms with E-state index in [4.69, 9.17) is 4.74 Å². The highest BCUT2D eigenvalue weighted by atomic mass is 32.2. The molecule has 3 heteroatoms. The first-order chi connectivity index (χ1) is 10.3. The predicted octanol–water partition coefficient (Wildman–Crippen LogP) is 2.54. The van der Waals surface area contributed by atoms with Crippen molar-refractivity contribution >= 4 is 11.8 Å². The number of hydrogen-bond donors (Lipinski definition) is 1. The van der Waals surface area contributed by atoms with Crippen LogP contribution in [0.5, 0.6) is 0 Å². The number of fused-ring (bicyclic) bond motifs is 2. The Morgan fingerprint density at radius 3 is 2.57 bits per heavy atom. The third-order valence-corrected chi connectivity index (χ3v) is 4.95. The summed E-state index contributed by atoms with van der Waals surface area (Å²) >= 11 is 1.91. The third-order valence-electron chi connectivity index (χ3n) is 3.81. The smallest absolute Gasteiger partial charge is 0.109 e. The van der Waals surface area contributed by atoms with Crippen LogP contribution in [0.2, 0.25) is 0 Å². The molecule has 2 aromatic carbocycles. The van der Waals surface area contributed by atoms with Crippen LogP contribution in [0.1, 0.15) is 22.8 Å². The van der Waals surface area contributed by atoms with Gasteiger partial charge in [0, 0.05) is 10.6 Å². The van der Waals surface area contributed by atoms with E-state index in [9.17, 15) is 0 Å². The Morgan fingerprint density at radius 1 is 1.05 bits per heavy atom. The second kappa shape index (κ2) is 6.65. The molecule has 1 N–H and O–H groups in total. The number of nitrogens with one attached hydrogen (secondary N) is 1. The number of ether oxygens (including phenoxy) is 1. The van der Waals surface area contributed by atoms with E-state index in [2.05, 4.69) is 62.6 Å². The van der Waals surface area contributed by atoms with E-state index in [1.165, 1.54) is 26.5 Å². The van der Waals surface area contributed by atoms with Crippen LogP contribution in [0.25, 0.3) is 0 Å². The van der Waals surface area contributed by atoms with Crippen molar-refractivity contribution in [3.8, 4) is 0 Å². The maximum Gasteiger partial charge on any atom is 0.109 e. The van der Waals surface area contributed by atoms with Gasteiger partial charge in [0.1, 0.15) is 12.6 Å². The lowest BCUT2D eigenvalue weighted by molar-refractivity contribution is -0.858.